The van der Waals surface area contributed by atoms with Gasteiger partial charge in [0.05, 0.1) is 63.1 Å². The van der Waals surface area contributed by atoms with Crippen molar-refractivity contribution in [2.75, 3.05) is 0 Å². The van der Waals surface area contributed by atoms with Gasteiger partial charge in [0.15, 0.2) is 0 Å². The van der Waals surface area contributed by atoms with E-state index in [1.54, 1.807) is 0 Å². The Morgan fingerprint density at radius 3 is 0.955 bits per heavy atom. The molecule has 13 aromatic rings. The van der Waals surface area contributed by atoms with E-state index in [2.05, 4.69) is 237 Å². The monoisotopic (exact) mass is 842 g/mol. The normalized spacial score (nSPS) is 17.4. The molecule has 0 spiro atoms. The van der Waals surface area contributed by atoms with E-state index in [1.807, 2.05) is 0 Å². The van der Waals surface area contributed by atoms with E-state index in [-0.39, 0.29) is 12.1 Å². The second kappa shape index (κ2) is 13.8. The highest BCUT2D eigenvalue weighted by Crippen LogP contribution is 2.63. The van der Waals surface area contributed by atoms with E-state index >= 15 is 0 Å². The van der Waals surface area contributed by atoms with Crippen molar-refractivity contribution in [3.8, 4) is 23.5 Å². The molecule has 9 aromatic carbocycles. The van der Waals surface area contributed by atoms with Crippen molar-refractivity contribution < 1.29 is 0 Å². The summed E-state index contributed by atoms with van der Waals surface area (Å²) in [5.41, 5.74) is 11.7. The minimum Gasteiger partial charge on any atom is -0.335 e. The minimum absolute atomic E-state index is 0.300. The Labute approximate surface area is 379 Å². The van der Waals surface area contributed by atoms with Gasteiger partial charge in [-0.1, -0.05) is 146 Å². The number of nitriles is 2. The van der Waals surface area contributed by atoms with Gasteiger partial charge in [0.2, 0.25) is 0 Å². The maximum atomic E-state index is 12.0. The van der Waals surface area contributed by atoms with Gasteiger partial charge in [0, 0.05) is 76.6 Å². The third kappa shape index (κ3) is 4.77. The molecule has 0 amide bonds. The number of fused-ring (bicyclic) bond motifs is 12. The van der Waals surface area contributed by atoms with Crippen LogP contribution in [0.1, 0.15) is 29.1 Å². The fourth-order valence-electron chi connectivity index (χ4n) is 12.2. The summed E-state index contributed by atoms with van der Waals surface area (Å²) in [4.78, 5) is 0. The Morgan fingerprint density at radius 1 is 0.318 bits per heavy atom. The lowest BCUT2D eigenvalue weighted by Crippen LogP contribution is -2.47. The van der Waals surface area contributed by atoms with Crippen LogP contribution in [0, 0.1) is 28.6 Å². The molecule has 1 saturated carbocycles. The number of para-hydroxylation sites is 8. The van der Waals surface area contributed by atoms with Crippen LogP contribution in [0.15, 0.2) is 206 Å². The smallest absolute Gasteiger partial charge is 0.102 e. The number of aromatic nitrogens is 4. The first-order valence-corrected chi connectivity index (χ1v) is 22.6. The summed E-state index contributed by atoms with van der Waals surface area (Å²) in [6, 6.07) is 78.2. The topological polar surface area (TPSA) is 67.3 Å². The molecule has 0 bridgehead atoms. The van der Waals surface area contributed by atoms with Crippen LogP contribution in [0.3, 0.4) is 0 Å². The van der Waals surface area contributed by atoms with Crippen LogP contribution < -0.4 is 0 Å². The highest BCUT2D eigenvalue weighted by Gasteiger charge is 2.56. The van der Waals surface area contributed by atoms with Crippen molar-refractivity contribution in [3.05, 3.63) is 217 Å². The number of hydrogen-bond acceptors (Lipinski definition) is 2. The Bertz CT molecular complexity index is 4040. The Morgan fingerprint density at radius 2 is 0.606 bits per heavy atom. The summed E-state index contributed by atoms with van der Waals surface area (Å²) in [6.07, 6.45) is 0. The van der Waals surface area contributed by atoms with Gasteiger partial charge in [-0.2, -0.15) is 10.5 Å². The van der Waals surface area contributed by atoms with E-state index in [0.717, 1.165) is 104 Å². The van der Waals surface area contributed by atoms with Crippen LogP contribution in [0.2, 0.25) is 0 Å². The predicted molar refractivity (Wildman–Crippen MR) is 269 cm³/mol. The fraction of sp³-hybridized carbons (Fsp3) is 0.0667. The second-order valence-electron chi connectivity index (χ2n) is 17.7. The van der Waals surface area contributed by atoms with Crippen molar-refractivity contribution in [1.82, 2.24) is 18.3 Å². The van der Waals surface area contributed by atoms with Gasteiger partial charge in [0.1, 0.15) is 6.07 Å². The average molecular weight is 843 g/mol. The molecule has 0 saturated heterocycles. The molecule has 4 aromatic heterocycles. The summed E-state index contributed by atoms with van der Waals surface area (Å²) < 4.78 is 9.58. The molecule has 4 heterocycles. The minimum atomic E-state index is -0.540. The van der Waals surface area contributed by atoms with Crippen molar-refractivity contribution in [3.63, 3.8) is 0 Å². The van der Waals surface area contributed by atoms with Gasteiger partial charge in [-0.05, 0) is 60.7 Å². The Kier molecular flexibility index (Phi) is 7.67. The molecule has 66 heavy (non-hydrogen) atoms. The van der Waals surface area contributed by atoms with Gasteiger partial charge < -0.3 is 18.3 Å². The highest BCUT2D eigenvalue weighted by atomic mass is 15.2. The van der Waals surface area contributed by atoms with Crippen LogP contribution in [-0.4, -0.2) is 18.3 Å². The predicted octanol–water partition coefficient (Wildman–Crippen LogP) is 14.7. The lowest BCUT2D eigenvalue weighted by atomic mass is 9.60. The molecule has 0 radical (unpaired) electrons. The average Bonchev–Trinajstić information content (AvgIpc) is 4.09. The molecule has 3 unspecified atom stereocenters. The SMILES string of the molecule is N#Cc1c(-n2c3ccccc3c3ccccc32)ccc(-n2c3ccccc3c3ccccc32)c1C1C(C#N)C(n2c3ccccc3c3ccccc32)[C@@H]1n1c2ccccc2c2ccccc21. The fourth-order valence-corrected chi connectivity index (χ4v) is 12.2. The maximum Gasteiger partial charge on any atom is 0.102 e. The van der Waals surface area contributed by atoms with Crippen LogP contribution in [0.5, 0.6) is 0 Å². The zero-order chi connectivity index (χ0) is 43.6. The van der Waals surface area contributed by atoms with Crippen LogP contribution in [0.25, 0.3) is 98.6 Å². The summed E-state index contributed by atoms with van der Waals surface area (Å²) in [5, 5.41) is 33.2. The molecule has 308 valence electrons. The highest BCUT2D eigenvalue weighted by molar-refractivity contribution is 6.12. The summed E-state index contributed by atoms with van der Waals surface area (Å²) >= 11 is 0. The molecular formula is C60H38N6. The molecule has 6 heteroatoms. The Hall–Kier alpha value is -8.84. The molecule has 0 N–H and O–H groups in total. The number of rotatable bonds is 5. The lowest BCUT2D eigenvalue weighted by Gasteiger charge is -2.52. The number of nitrogens with zero attached hydrogens (tertiary/aromatic N) is 6. The maximum absolute atomic E-state index is 12.0. The van der Waals surface area contributed by atoms with E-state index < -0.39 is 11.8 Å². The van der Waals surface area contributed by atoms with E-state index in [4.69, 9.17) is 0 Å². The van der Waals surface area contributed by atoms with Gasteiger partial charge in [-0.15, -0.1) is 0 Å². The van der Waals surface area contributed by atoms with Crippen LogP contribution >= 0.6 is 0 Å². The van der Waals surface area contributed by atoms with Gasteiger partial charge in [-0.3, -0.25) is 0 Å². The molecule has 1 aliphatic carbocycles. The van der Waals surface area contributed by atoms with E-state index in [0.29, 0.717) is 5.56 Å². The molecule has 4 atom stereocenters. The Balaban J connectivity index is 1.15. The van der Waals surface area contributed by atoms with Crippen molar-refractivity contribution in [1.29, 1.82) is 10.5 Å². The largest absolute Gasteiger partial charge is 0.335 e. The number of hydrogen-bond donors (Lipinski definition) is 0. The molecule has 14 rings (SSSR count). The first-order chi connectivity index (χ1) is 32.7. The summed E-state index contributed by atoms with van der Waals surface area (Å²) in [6.45, 7) is 0. The summed E-state index contributed by atoms with van der Waals surface area (Å²) in [7, 11) is 0. The van der Waals surface area contributed by atoms with Crippen molar-refractivity contribution in [2.45, 2.75) is 18.0 Å². The van der Waals surface area contributed by atoms with Gasteiger partial charge in [-0.25, -0.2) is 0 Å². The molecule has 6 nitrogen and oxygen atoms in total. The quantitative estimate of drug-likeness (QED) is 0.173. The van der Waals surface area contributed by atoms with Crippen LogP contribution in [0.4, 0.5) is 0 Å². The first-order valence-electron chi connectivity index (χ1n) is 22.6. The van der Waals surface area contributed by atoms with Crippen molar-refractivity contribution >= 4 is 87.2 Å². The third-order valence-electron chi connectivity index (χ3n) is 14.7. The zero-order valence-electron chi connectivity index (χ0n) is 35.6. The van der Waals surface area contributed by atoms with Gasteiger partial charge in [0.25, 0.3) is 0 Å². The standard InChI is InChI=1S/C60H38N6/c61-35-45-55(63-47-25-9-1-17-37(47)38-18-2-10-26-48(38)63)33-34-56(64-49-27-11-3-19-39(49)40-20-4-12-28-50(40)64)57(45)58-46(36-62)59(65-51-29-13-5-21-41(51)42-22-6-14-30-52(42)65)60(58)66-53-31-15-7-23-43(53)44-24-8-16-32-54(44)66/h1-34,46,58-60H/t46?,58?,59?,60-/m1/s1. The van der Waals surface area contributed by atoms with Gasteiger partial charge >= 0.3 is 0 Å². The molecule has 1 aliphatic rings. The first kappa shape index (κ1) is 36.6. The zero-order valence-corrected chi connectivity index (χ0v) is 35.6. The second-order valence-corrected chi connectivity index (χ2v) is 17.7. The van der Waals surface area contributed by atoms with E-state index in [1.165, 1.54) is 0 Å². The summed E-state index contributed by atoms with van der Waals surface area (Å²) in [5.74, 6) is -0.974. The van der Waals surface area contributed by atoms with Crippen LogP contribution in [-0.2, 0) is 0 Å². The molecule has 1 fully saturated rings. The van der Waals surface area contributed by atoms with E-state index in [9.17, 15) is 10.5 Å². The lowest BCUT2D eigenvalue weighted by molar-refractivity contribution is 0.103. The number of benzene rings is 9. The molecular weight excluding hydrogens is 805 g/mol. The third-order valence-corrected chi connectivity index (χ3v) is 14.7. The molecule has 0 aliphatic heterocycles. The van der Waals surface area contributed by atoms with Crippen molar-refractivity contribution in [2.24, 2.45) is 5.92 Å².